The molecule has 0 unspecified atom stereocenters. The summed E-state index contributed by atoms with van der Waals surface area (Å²) in [7, 11) is 0. The number of halogens is 1. The second kappa shape index (κ2) is 9.04. The van der Waals surface area contributed by atoms with Gasteiger partial charge in [-0.3, -0.25) is 9.59 Å². The third kappa shape index (κ3) is 5.10. The van der Waals surface area contributed by atoms with Crippen molar-refractivity contribution in [2.45, 2.75) is 26.2 Å². The Morgan fingerprint density at radius 1 is 1.11 bits per heavy atom. The summed E-state index contributed by atoms with van der Waals surface area (Å²) >= 11 is 3.46. The van der Waals surface area contributed by atoms with Crippen LogP contribution in [0.25, 0.3) is 0 Å². The second-order valence-corrected chi connectivity index (χ2v) is 7.39. The van der Waals surface area contributed by atoms with Crippen LogP contribution in [0, 0.1) is 0 Å². The number of likely N-dealkylation sites (tertiary alicyclic amines) is 1. The number of aryl methyl sites for hydroxylation is 1. The standard InChI is InChI=1S/C21H23BrN2O3/c1-2-15-5-10-19(18(22)13-15)27-14-20(25)23-17-8-6-16(7-9-17)21(26)24-11-3-4-12-24/h5-10,13H,2-4,11-12,14H2,1H3,(H,23,25). The van der Waals surface area contributed by atoms with Crippen LogP contribution in [0.5, 0.6) is 5.75 Å². The molecule has 0 bridgehead atoms. The number of amides is 2. The number of anilines is 1. The van der Waals surface area contributed by atoms with E-state index in [4.69, 9.17) is 4.74 Å². The number of rotatable bonds is 6. The number of carbonyl (C=O) groups is 2. The quantitative estimate of drug-likeness (QED) is 0.744. The summed E-state index contributed by atoms with van der Waals surface area (Å²) in [5.74, 6) is 0.433. The third-order valence-electron chi connectivity index (χ3n) is 4.57. The van der Waals surface area contributed by atoms with Crippen molar-refractivity contribution >= 4 is 33.4 Å². The molecule has 0 spiro atoms. The van der Waals surface area contributed by atoms with Crippen molar-refractivity contribution in [3.8, 4) is 5.75 Å². The van der Waals surface area contributed by atoms with E-state index >= 15 is 0 Å². The topological polar surface area (TPSA) is 58.6 Å². The fourth-order valence-corrected chi connectivity index (χ4v) is 3.56. The Bertz CT molecular complexity index is 815. The molecule has 1 aliphatic heterocycles. The van der Waals surface area contributed by atoms with Crippen LogP contribution in [0.2, 0.25) is 0 Å². The van der Waals surface area contributed by atoms with Gasteiger partial charge in [0.1, 0.15) is 5.75 Å². The Morgan fingerprint density at radius 2 is 1.81 bits per heavy atom. The molecule has 0 radical (unpaired) electrons. The molecular formula is C21H23BrN2O3. The van der Waals surface area contributed by atoms with Crippen molar-refractivity contribution in [1.82, 2.24) is 4.90 Å². The Morgan fingerprint density at radius 3 is 2.44 bits per heavy atom. The van der Waals surface area contributed by atoms with Gasteiger partial charge in [-0.2, -0.15) is 0 Å². The zero-order chi connectivity index (χ0) is 19.2. The first-order chi connectivity index (χ1) is 13.1. The molecule has 1 aliphatic rings. The van der Waals surface area contributed by atoms with Gasteiger partial charge in [-0.25, -0.2) is 0 Å². The van der Waals surface area contributed by atoms with Gasteiger partial charge in [0, 0.05) is 24.3 Å². The van der Waals surface area contributed by atoms with Gasteiger partial charge in [0.25, 0.3) is 11.8 Å². The molecule has 27 heavy (non-hydrogen) atoms. The number of hydrogen-bond donors (Lipinski definition) is 1. The van der Waals surface area contributed by atoms with Crippen molar-refractivity contribution < 1.29 is 14.3 Å². The van der Waals surface area contributed by atoms with Gasteiger partial charge in [-0.15, -0.1) is 0 Å². The summed E-state index contributed by atoms with van der Waals surface area (Å²) in [5, 5.41) is 2.79. The minimum atomic E-state index is -0.250. The molecule has 2 aromatic carbocycles. The van der Waals surface area contributed by atoms with Gasteiger partial charge in [-0.05, 0) is 77.2 Å². The van der Waals surface area contributed by atoms with Gasteiger partial charge >= 0.3 is 0 Å². The van der Waals surface area contributed by atoms with Crippen LogP contribution >= 0.6 is 15.9 Å². The van der Waals surface area contributed by atoms with Gasteiger partial charge in [0.05, 0.1) is 4.47 Å². The molecule has 0 saturated carbocycles. The van der Waals surface area contributed by atoms with Gasteiger partial charge in [0.15, 0.2) is 6.61 Å². The lowest BCUT2D eigenvalue weighted by molar-refractivity contribution is -0.118. The van der Waals surface area contributed by atoms with E-state index in [0.29, 0.717) is 17.0 Å². The largest absolute Gasteiger partial charge is 0.483 e. The molecule has 3 rings (SSSR count). The lowest BCUT2D eigenvalue weighted by atomic mass is 10.2. The SMILES string of the molecule is CCc1ccc(OCC(=O)Nc2ccc(C(=O)N3CCCC3)cc2)c(Br)c1. The molecule has 1 fully saturated rings. The maximum absolute atomic E-state index is 12.3. The maximum Gasteiger partial charge on any atom is 0.262 e. The number of nitrogens with one attached hydrogen (secondary N) is 1. The lowest BCUT2D eigenvalue weighted by Crippen LogP contribution is -2.27. The molecular weight excluding hydrogens is 408 g/mol. The fourth-order valence-electron chi connectivity index (χ4n) is 3.02. The fraction of sp³-hybridized carbons (Fsp3) is 0.333. The minimum Gasteiger partial charge on any atom is -0.483 e. The first-order valence-electron chi connectivity index (χ1n) is 9.17. The summed E-state index contributed by atoms with van der Waals surface area (Å²) in [6.07, 6.45) is 3.07. The highest BCUT2D eigenvalue weighted by atomic mass is 79.9. The van der Waals surface area contributed by atoms with Crippen molar-refractivity contribution in [2.24, 2.45) is 0 Å². The summed E-state index contributed by atoms with van der Waals surface area (Å²) in [6.45, 7) is 3.64. The molecule has 0 atom stereocenters. The Hall–Kier alpha value is -2.34. The summed E-state index contributed by atoms with van der Waals surface area (Å²) in [4.78, 5) is 26.3. The van der Waals surface area contributed by atoms with Crippen LogP contribution in [0.4, 0.5) is 5.69 Å². The molecule has 0 aliphatic carbocycles. The number of hydrogen-bond acceptors (Lipinski definition) is 3. The molecule has 0 aromatic heterocycles. The normalized spacial score (nSPS) is 13.5. The van der Waals surface area contributed by atoms with Crippen LogP contribution in [-0.2, 0) is 11.2 Å². The monoisotopic (exact) mass is 430 g/mol. The Kier molecular flexibility index (Phi) is 6.50. The van der Waals surface area contributed by atoms with E-state index in [1.807, 2.05) is 23.1 Å². The molecule has 2 amide bonds. The van der Waals surface area contributed by atoms with E-state index in [1.165, 1.54) is 5.56 Å². The predicted molar refractivity (Wildman–Crippen MR) is 109 cm³/mol. The van der Waals surface area contributed by atoms with Crippen LogP contribution < -0.4 is 10.1 Å². The van der Waals surface area contributed by atoms with Crippen molar-refractivity contribution in [3.05, 3.63) is 58.1 Å². The summed E-state index contributed by atoms with van der Waals surface area (Å²) in [5.41, 5.74) is 2.48. The van der Waals surface area contributed by atoms with Crippen LogP contribution in [0.15, 0.2) is 46.9 Å². The van der Waals surface area contributed by atoms with Gasteiger partial charge in [0.2, 0.25) is 0 Å². The molecule has 5 nitrogen and oxygen atoms in total. The van der Waals surface area contributed by atoms with Crippen LogP contribution in [0.3, 0.4) is 0 Å². The average molecular weight is 431 g/mol. The highest BCUT2D eigenvalue weighted by Gasteiger charge is 2.19. The van der Waals surface area contributed by atoms with Crippen LogP contribution in [0.1, 0.15) is 35.7 Å². The third-order valence-corrected chi connectivity index (χ3v) is 5.19. The molecule has 1 saturated heterocycles. The number of ether oxygens (including phenoxy) is 1. The van der Waals surface area contributed by atoms with E-state index in [-0.39, 0.29) is 18.4 Å². The highest BCUT2D eigenvalue weighted by molar-refractivity contribution is 9.10. The zero-order valence-corrected chi connectivity index (χ0v) is 16.9. The zero-order valence-electron chi connectivity index (χ0n) is 15.3. The molecule has 142 valence electrons. The van der Waals surface area contributed by atoms with Crippen LogP contribution in [-0.4, -0.2) is 36.4 Å². The minimum absolute atomic E-state index is 0.0501. The Balaban J connectivity index is 1.52. The molecule has 6 heteroatoms. The van der Waals surface area contributed by atoms with Crippen molar-refractivity contribution in [2.75, 3.05) is 25.0 Å². The van der Waals surface area contributed by atoms with Gasteiger partial charge in [-0.1, -0.05) is 13.0 Å². The van der Waals surface area contributed by atoms with Gasteiger partial charge < -0.3 is 15.0 Å². The van der Waals surface area contributed by atoms with Crippen molar-refractivity contribution in [1.29, 1.82) is 0 Å². The first-order valence-corrected chi connectivity index (χ1v) is 9.96. The van der Waals surface area contributed by atoms with E-state index in [9.17, 15) is 9.59 Å². The maximum atomic E-state index is 12.3. The molecule has 2 aromatic rings. The van der Waals surface area contributed by atoms with E-state index in [2.05, 4.69) is 28.2 Å². The summed E-state index contributed by atoms with van der Waals surface area (Å²) < 4.78 is 6.41. The van der Waals surface area contributed by atoms with E-state index in [1.54, 1.807) is 24.3 Å². The highest BCUT2D eigenvalue weighted by Crippen LogP contribution is 2.26. The number of benzene rings is 2. The van der Waals surface area contributed by atoms with E-state index < -0.39 is 0 Å². The molecule has 1 N–H and O–H groups in total. The number of nitrogens with zero attached hydrogens (tertiary/aromatic N) is 1. The summed E-state index contributed by atoms with van der Waals surface area (Å²) in [6, 6.07) is 12.8. The first kappa shape index (κ1) is 19.4. The number of carbonyl (C=O) groups excluding carboxylic acids is 2. The smallest absolute Gasteiger partial charge is 0.262 e. The lowest BCUT2D eigenvalue weighted by Gasteiger charge is -2.15. The predicted octanol–water partition coefficient (Wildman–Crippen LogP) is 4.27. The second-order valence-electron chi connectivity index (χ2n) is 6.53. The van der Waals surface area contributed by atoms with Crippen molar-refractivity contribution in [3.63, 3.8) is 0 Å². The van der Waals surface area contributed by atoms with E-state index in [0.717, 1.165) is 36.8 Å². The molecule has 1 heterocycles. The Labute approximate surface area is 167 Å². The average Bonchev–Trinajstić information content (AvgIpc) is 3.22.